The van der Waals surface area contributed by atoms with Crippen LogP contribution in [0.1, 0.15) is 0 Å². The second-order valence-electron chi connectivity index (χ2n) is 6.53. The number of anilines is 2. The van der Waals surface area contributed by atoms with Crippen molar-refractivity contribution in [3.8, 4) is 0 Å². The summed E-state index contributed by atoms with van der Waals surface area (Å²) in [7, 11) is 1.40. The summed E-state index contributed by atoms with van der Waals surface area (Å²) in [5.74, 6) is 0.0991. The molecular weight excluding hydrogens is 352 g/mol. The van der Waals surface area contributed by atoms with Crippen LogP contribution < -0.4 is 10.2 Å². The Balaban J connectivity index is 1.43. The van der Waals surface area contributed by atoms with E-state index in [0.29, 0.717) is 18.9 Å². The number of nitrogens with zero attached hydrogens (tertiary/aromatic N) is 4. The van der Waals surface area contributed by atoms with E-state index in [2.05, 4.69) is 20.2 Å². The highest BCUT2D eigenvalue weighted by Gasteiger charge is 2.34. The van der Waals surface area contributed by atoms with Crippen LogP contribution in [0.25, 0.3) is 11.0 Å². The Morgan fingerprint density at radius 2 is 2.07 bits per heavy atom. The minimum Gasteiger partial charge on any atom is -0.378 e. The molecule has 0 bridgehead atoms. The molecule has 0 atom stereocenters. The molecule has 0 radical (unpaired) electrons. The molecule has 2 saturated heterocycles. The van der Waals surface area contributed by atoms with E-state index in [0.717, 1.165) is 35.0 Å². The van der Waals surface area contributed by atoms with Gasteiger partial charge in [-0.3, -0.25) is 14.5 Å². The van der Waals surface area contributed by atoms with Gasteiger partial charge in [0, 0.05) is 25.8 Å². The summed E-state index contributed by atoms with van der Waals surface area (Å²) in [5, 5.41) is 2.76. The average molecular weight is 372 g/mol. The number of carbonyl (C=O) groups excluding carboxylic acids is 3. The molecule has 2 aromatic rings. The van der Waals surface area contributed by atoms with Gasteiger partial charge in [0.15, 0.2) is 0 Å². The van der Waals surface area contributed by atoms with Crippen molar-refractivity contribution < 1.29 is 19.1 Å². The van der Waals surface area contributed by atoms with Gasteiger partial charge in [-0.15, -0.1) is 0 Å². The number of rotatable bonds is 4. The van der Waals surface area contributed by atoms with Crippen LogP contribution >= 0.6 is 0 Å². The van der Waals surface area contributed by atoms with E-state index in [9.17, 15) is 14.4 Å². The summed E-state index contributed by atoms with van der Waals surface area (Å²) in [6, 6.07) is 4.92. The summed E-state index contributed by atoms with van der Waals surface area (Å²) in [6.45, 7) is 2.65. The molecule has 0 saturated carbocycles. The van der Waals surface area contributed by atoms with Gasteiger partial charge in [0.05, 0.1) is 24.2 Å². The van der Waals surface area contributed by atoms with E-state index in [-0.39, 0.29) is 24.9 Å². The van der Waals surface area contributed by atoms with Gasteiger partial charge in [-0.25, -0.2) is 9.78 Å². The normalized spacial score (nSPS) is 17.9. The number of aromatic amines is 1. The molecule has 2 fully saturated rings. The van der Waals surface area contributed by atoms with Crippen LogP contribution in [0.5, 0.6) is 0 Å². The number of amides is 4. The fourth-order valence-corrected chi connectivity index (χ4v) is 3.15. The Morgan fingerprint density at radius 1 is 1.30 bits per heavy atom. The molecular formula is C17H20N6O4. The molecule has 1 aromatic carbocycles. The molecule has 4 rings (SSSR count). The number of benzene rings is 1. The van der Waals surface area contributed by atoms with Crippen LogP contribution in [0.4, 0.5) is 16.4 Å². The zero-order valence-electron chi connectivity index (χ0n) is 14.9. The number of nitrogens with one attached hydrogen (secondary N) is 2. The van der Waals surface area contributed by atoms with Crippen LogP contribution in [0, 0.1) is 0 Å². The van der Waals surface area contributed by atoms with Crippen LogP contribution in [0.3, 0.4) is 0 Å². The molecule has 4 amide bonds. The van der Waals surface area contributed by atoms with Gasteiger partial charge in [0.2, 0.25) is 17.8 Å². The molecule has 2 N–H and O–H groups in total. The number of imide groups is 1. The van der Waals surface area contributed by atoms with E-state index in [1.807, 2.05) is 6.07 Å². The SMILES string of the molecule is CN1C(=O)CN(CC(=O)Nc2ccc3nc(N4CCOCC4)[nH]c3c2)C1=O. The molecule has 1 aromatic heterocycles. The van der Waals surface area contributed by atoms with Crippen molar-refractivity contribution in [1.82, 2.24) is 19.8 Å². The number of ether oxygens (including phenoxy) is 1. The largest absolute Gasteiger partial charge is 0.378 e. The molecule has 3 heterocycles. The van der Waals surface area contributed by atoms with E-state index < -0.39 is 6.03 Å². The molecule has 10 nitrogen and oxygen atoms in total. The van der Waals surface area contributed by atoms with Gasteiger partial charge in [-0.2, -0.15) is 0 Å². The van der Waals surface area contributed by atoms with E-state index in [4.69, 9.17) is 4.74 Å². The smallest absolute Gasteiger partial charge is 0.327 e. The minimum absolute atomic E-state index is 0.0781. The van der Waals surface area contributed by atoms with Gasteiger partial charge >= 0.3 is 6.03 Å². The first-order valence-electron chi connectivity index (χ1n) is 8.69. The fraction of sp³-hybridized carbons (Fsp3) is 0.412. The average Bonchev–Trinajstić information content (AvgIpc) is 3.19. The van der Waals surface area contributed by atoms with Gasteiger partial charge in [0.25, 0.3) is 0 Å². The Hall–Kier alpha value is -3.14. The second-order valence-corrected chi connectivity index (χ2v) is 6.53. The molecule has 142 valence electrons. The molecule has 0 spiro atoms. The van der Waals surface area contributed by atoms with Crippen molar-refractivity contribution in [1.29, 1.82) is 0 Å². The maximum absolute atomic E-state index is 12.2. The summed E-state index contributed by atoms with van der Waals surface area (Å²) in [6.07, 6.45) is 0. The first kappa shape index (κ1) is 17.3. The van der Waals surface area contributed by atoms with Crippen LogP contribution in [-0.2, 0) is 14.3 Å². The summed E-state index contributed by atoms with van der Waals surface area (Å²) in [4.78, 5) is 47.8. The third kappa shape index (κ3) is 3.43. The van der Waals surface area contributed by atoms with E-state index in [1.54, 1.807) is 12.1 Å². The second kappa shape index (κ2) is 6.88. The van der Waals surface area contributed by atoms with Crippen molar-refractivity contribution in [3.63, 3.8) is 0 Å². The van der Waals surface area contributed by atoms with Crippen molar-refractivity contribution >= 4 is 40.5 Å². The molecule has 2 aliphatic heterocycles. The molecule has 10 heteroatoms. The number of hydrogen-bond acceptors (Lipinski definition) is 6. The highest BCUT2D eigenvalue weighted by molar-refractivity contribution is 6.04. The number of likely N-dealkylation sites (N-methyl/N-ethyl adjacent to an activating group) is 1. The number of aromatic nitrogens is 2. The number of morpholine rings is 1. The first-order chi connectivity index (χ1) is 13.0. The third-order valence-corrected chi connectivity index (χ3v) is 4.66. The zero-order valence-corrected chi connectivity index (χ0v) is 14.9. The Bertz CT molecular complexity index is 904. The first-order valence-corrected chi connectivity index (χ1v) is 8.69. The van der Waals surface area contributed by atoms with Crippen molar-refractivity contribution in [2.45, 2.75) is 0 Å². The van der Waals surface area contributed by atoms with Gasteiger partial charge in [-0.1, -0.05) is 0 Å². The lowest BCUT2D eigenvalue weighted by molar-refractivity contribution is -0.124. The molecule has 0 unspecified atom stereocenters. The third-order valence-electron chi connectivity index (χ3n) is 4.66. The Kier molecular flexibility index (Phi) is 4.40. The number of H-pyrrole nitrogens is 1. The van der Waals surface area contributed by atoms with Crippen molar-refractivity contribution in [3.05, 3.63) is 18.2 Å². The van der Waals surface area contributed by atoms with Gasteiger partial charge in [0.1, 0.15) is 13.1 Å². The molecule has 2 aliphatic rings. The Morgan fingerprint density at radius 3 is 2.78 bits per heavy atom. The van der Waals surface area contributed by atoms with Crippen molar-refractivity contribution in [2.24, 2.45) is 0 Å². The predicted octanol–water partition coefficient (Wildman–Crippen LogP) is 0.232. The Labute approximate surface area is 155 Å². The van der Waals surface area contributed by atoms with Gasteiger partial charge in [-0.05, 0) is 18.2 Å². The quantitative estimate of drug-likeness (QED) is 0.744. The minimum atomic E-state index is -0.464. The van der Waals surface area contributed by atoms with Crippen molar-refractivity contribution in [2.75, 3.05) is 56.7 Å². The lowest BCUT2D eigenvalue weighted by Crippen LogP contribution is -2.36. The highest BCUT2D eigenvalue weighted by Crippen LogP contribution is 2.21. The molecule has 27 heavy (non-hydrogen) atoms. The predicted molar refractivity (Wildman–Crippen MR) is 97.5 cm³/mol. The monoisotopic (exact) mass is 372 g/mol. The number of hydrogen-bond donors (Lipinski definition) is 2. The number of carbonyl (C=O) groups is 3. The summed E-state index contributed by atoms with van der Waals surface area (Å²) in [5.41, 5.74) is 2.20. The fourth-order valence-electron chi connectivity index (χ4n) is 3.15. The summed E-state index contributed by atoms with van der Waals surface area (Å²) >= 11 is 0. The number of fused-ring (bicyclic) bond motifs is 1. The van der Waals surface area contributed by atoms with Crippen LogP contribution in [0.15, 0.2) is 18.2 Å². The maximum Gasteiger partial charge on any atom is 0.327 e. The van der Waals surface area contributed by atoms with Crippen LogP contribution in [0.2, 0.25) is 0 Å². The lowest BCUT2D eigenvalue weighted by Gasteiger charge is -2.26. The number of imidazole rings is 1. The van der Waals surface area contributed by atoms with Gasteiger partial charge < -0.3 is 24.8 Å². The standard InChI is InChI=1S/C17H20N6O4/c1-21-15(25)10-23(17(21)26)9-14(24)18-11-2-3-12-13(8-11)20-16(19-12)22-4-6-27-7-5-22/h2-3,8H,4-7,9-10H2,1H3,(H,18,24)(H,19,20). The van der Waals surface area contributed by atoms with E-state index >= 15 is 0 Å². The van der Waals surface area contributed by atoms with Crippen LogP contribution in [-0.4, -0.2) is 84.1 Å². The summed E-state index contributed by atoms with van der Waals surface area (Å²) < 4.78 is 5.35. The lowest BCUT2D eigenvalue weighted by atomic mass is 10.2. The topological polar surface area (TPSA) is 111 Å². The molecule has 0 aliphatic carbocycles. The highest BCUT2D eigenvalue weighted by atomic mass is 16.5. The number of urea groups is 1. The zero-order chi connectivity index (χ0) is 19.0. The maximum atomic E-state index is 12.2. The van der Waals surface area contributed by atoms with E-state index in [1.165, 1.54) is 11.9 Å².